The highest BCUT2D eigenvalue weighted by Crippen LogP contribution is 2.42. The molecule has 0 amide bonds. The highest BCUT2D eigenvalue weighted by atomic mass is 16.8. The SMILES string of the molecule is COCON1NC=CN(C2(C)C=CC=CC2c2cn[nH]c2)C1N(C)C1CC(C)(C)NC(C)(C)C1. The number of allylic oxidation sites excluding steroid dienone is 2. The van der Waals surface area contributed by atoms with Crippen LogP contribution in [0.2, 0.25) is 0 Å². The molecule has 0 saturated carbocycles. The number of methoxy groups -OCH3 is 1. The largest absolute Gasteiger partial charge is 0.357 e. The Kier molecular flexibility index (Phi) is 6.94. The Morgan fingerprint density at radius 2 is 1.88 bits per heavy atom. The molecular weight excluding hydrogens is 430 g/mol. The number of nitrogens with zero attached hydrogens (tertiary/aromatic N) is 4. The molecule has 188 valence electrons. The maximum Gasteiger partial charge on any atom is 0.183 e. The van der Waals surface area contributed by atoms with Crippen LogP contribution in [0, 0.1) is 0 Å². The molecule has 1 saturated heterocycles. The van der Waals surface area contributed by atoms with Crippen molar-refractivity contribution in [2.75, 3.05) is 21.0 Å². The molecule has 1 fully saturated rings. The van der Waals surface area contributed by atoms with Crippen LogP contribution in [-0.4, -0.2) is 75.1 Å². The van der Waals surface area contributed by atoms with Gasteiger partial charge in [-0.15, -0.1) is 0 Å². The third kappa shape index (κ3) is 4.94. The predicted octanol–water partition coefficient (Wildman–Crippen LogP) is 3.03. The lowest BCUT2D eigenvalue weighted by molar-refractivity contribution is -0.320. The summed E-state index contributed by atoms with van der Waals surface area (Å²) in [6.07, 6.45) is 18.5. The Morgan fingerprint density at radius 3 is 2.53 bits per heavy atom. The summed E-state index contributed by atoms with van der Waals surface area (Å²) in [7, 11) is 3.83. The van der Waals surface area contributed by atoms with Gasteiger partial charge in [0.2, 0.25) is 0 Å². The van der Waals surface area contributed by atoms with Crippen LogP contribution >= 0.6 is 0 Å². The maximum absolute atomic E-state index is 6.04. The molecule has 3 atom stereocenters. The molecule has 0 spiro atoms. The van der Waals surface area contributed by atoms with Crippen LogP contribution in [0.25, 0.3) is 0 Å². The van der Waals surface area contributed by atoms with Crippen LogP contribution in [0.15, 0.2) is 49.1 Å². The van der Waals surface area contributed by atoms with E-state index in [0.29, 0.717) is 6.04 Å². The van der Waals surface area contributed by atoms with Crippen LogP contribution in [0.3, 0.4) is 0 Å². The number of hydrogen-bond acceptors (Lipinski definition) is 8. The molecule has 3 aliphatic rings. The lowest BCUT2D eigenvalue weighted by Crippen LogP contribution is -2.70. The van der Waals surface area contributed by atoms with E-state index in [0.717, 1.165) is 18.4 Å². The van der Waals surface area contributed by atoms with E-state index in [4.69, 9.17) is 9.57 Å². The van der Waals surface area contributed by atoms with Crippen molar-refractivity contribution in [3.8, 4) is 0 Å². The van der Waals surface area contributed by atoms with Crippen LogP contribution in [0.1, 0.15) is 58.9 Å². The van der Waals surface area contributed by atoms with E-state index in [1.165, 1.54) is 0 Å². The fourth-order valence-electron chi connectivity index (χ4n) is 6.02. The van der Waals surface area contributed by atoms with E-state index in [9.17, 15) is 0 Å². The van der Waals surface area contributed by atoms with E-state index in [2.05, 4.69) is 103 Å². The number of hydrazine groups is 1. The number of piperidine rings is 1. The van der Waals surface area contributed by atoms with Gasteiger partial charge in [0.05, 0.1) is 11.7 Å². The van der Waals surface area contributed by atoms with E-state index in [1.807, 2.05) is 18.6 Å². The summed E-state index contributed by atoms with van der Waals surface area (Å²) >= 11 is 0. The van der Waals surface area contributed by atoms with Crippen molar-refractivity contribution in [2.45, 2.75) is 82.3 Å². The number of ether oxygens (including phenoxy) is 1. The molecule has 4 rings (SSSR count). The quantitative estimate of drug-likeness (QED) is 0.524. The van der Waals surface area contributed by atoms with Crippen molar-refractivity contribution in [1.82, 2.24) is 35.9 Å². The smallest absolute Gasteiger partial charge is 0.183 e. The normalized spacial score (nSPS) is 31.2. The van der Waals surface area contributed by atoms with Gasteiger partial charge in [-0.2, -0.15) is 5.10 Å². The number of rotatable bonds is 7. The lowest BCUT2D eigenvalue weighted by atomic mass is 9.77. The summed E-state index contributed by atoms with van der Waals surface area (Å²) in [5.74, 6) is 0.111. The third-order valence-corrected chi connectivity index (χ3v) is 7.23. The van der Waals surface area contributed by atoms with Gasteiger partial charge in [0, 0.05) is 48.7 Å². The molecule has 2 aliphatic heterocycles. The van der Waals surface area contributed by atoms with Crippen LogP contribution < -0.4 is 10.7 Å². The zero-order chi connectivity index (χ0) is 24.6. The second-order valence-corrected chi connectivity index (χ2v) is 11.2. The van der Waals surface area contributed by atoms with Gasteiger partial charge in [0.25, 0.3) is 0 Å². The Labute approximate surface area is 203 Å². The van der Waals surface area contributed by atoms with Gasteiger partial charge in [0.15, 0.2) is 13.1 Å². The topological polar surface area (TPSA) is 80.9 Å². The molecule has 1 aromatic rings. The van der Waals surface area contributed by atoms with Gasteiger partial charge >= 0.3 is 0 Å². The number of aromatic amines is 1. The van der Waals surface area contributed by atoms with Gasteiger partial charge in [0.1, 0.15) is 0 Å². The summed E-state index contributed by atoms with van der Waals surface area (Å²) < 4.78 is 5.26. The second-order valence-electron chi connectivity index (χ2n) is 11.2. The minimum atomic E-state index is -0.358. The van der Waals surface area contributed by atoms with E-state index < -0.39 is 0 Å². The third-order valence-electron chi connectivity index (χ3n) is 7.23. The molecule has 9 nitrogen and oxygen atoms in total. The van der Waals surface area contributed by atoms with Gasteiger partial charge in [-0.1, -0.05) is 29.5 Å². The molecular formula is C25H41N7O2. The second kappa shape index (κ2) is 9.47. The zero-order valence-electron chi connectivity index (χ0n) is 21.6. The first-order valence-electron chi connectivity index (χ1n) is 12.0. The fraction of sp³-hybridized carbons (Fsp3) is 0.640. The minimum absolute atomic E-state index is 0.0262. The van der Waals surface area contributed by atoms with E-state index in [-0.39, 0.29) is 35.6 Å². The number of aromatic nitrogens is 2. The van der Waals surface area contributed by atoms with Crippen molar-refractivity contribution in [2.24, 2.45) is 0 Å². The van der Waals surface area contributed by atoms with E-state index in [1.54, 1.807) is 12.3 Å². The Balaban J connectivity index is 1.72. The highest BCUT2D eigenvalue weighted by molar-refractivity contribution is 5.35. The standard InChI is InChI=1S/C25H41N7O2/c1-23(2)14-20(15-24(3,4)29-23)30(6)22-31(13-12-28-32(22)34-18-33-7)25(5)11-9-8-10-21(25)19-16-26-27-17-19/h8-13,16-17,20-22,28-29H,14-15,18H2,1-7H3,(H,26,27). The number of nitrogens with one attached hydrogen (secondary N) is 3. The van der Waals surface area contributed by atoms with Crippen molar-refractivity contribution in [1.29, 1.82) is 0 Å². The Bertz CT molecular complexity index is 894. The highest BCUT2D eigenvalue weighted by Gasteiger charge is 2.48. The predicted molar refractivity (Wildman–Crippen MR) is 133 cm³/mol. The van der Waals surface area contributed by atoms with Crippen LogP contribution in [0.5, 0.6) is 0 Å². The molecule has 3 heterocycles. The summed E-state index contributed by atoms with van der Waals surface area (Å²) in [6, 6.07) is 0.333. The first kappa shape index (κ1) is 24.9. The molecule has 1 aromatic heterocycles. The average Bonchev–Trinajstić information content (AvgIpc) is 3.29. The maximum atomic E-state index is 6.04. The monoisotopic (exact) mass is 471 g/mol. The Hall–Kier alpha value is -2.17. The molecule has 1 aliphatic carbocycles. The van der Waals surface area contributed by atoms with Gasteiger partial charge in [-0.3, -0.25) is 15.4 Å². The average molecular weight is 472 g/mol. The first-order chi connectivity index (χ1) is 16.1. The molecule has 34 heavy (non-hydrogen) atoms. The van der Waals surface area contributed by atoms with Gasteiger partial charge in [-0.25, -0.2) is 4.84 Å². The molecule has 3 unspecified atom stereocenters. The van der Waals surface area contributed by atoms with Crippen LogP contribution in [-0.2, 0) is 9.57 Å². The van der Waals surface area contributed by atoms with Crippen molar-refractivity contribution in [3.05, 3.63) is 54.7 Å². The summed E-state index contributed by atoms with van der Waals surface area (Å²) in [4.78, 5) is 10.8. The van der Waals surface area contributed by atoms with Crippen LogP contribution in [0.4, 0.5) is 0 Å². The number of hydroxylamine groups is 1. The summed E-state index contributed by atoms with van der Waals surface area (Å²) in [5.41, 5.74) is 4.13. The summed E-state index contributed by atoms with van der Waals surface area (Å²) in [6.45, 7) is 11.6. The van der Waals surface area contributed by atoms with Crippen molar-refractivity contribution < 1.29 is 9.57 Å². The number of hydrogen-bond donors (Lipinski definition) is 3. The van der Waals surface area contributed by atoms with Crippen molar-refractivity contribution >= 4 is 0 Å². The molecule has 9 heteroatoms. The number of H-pyrrole nitrogens is 1. The fourth-order valence-corrected chi connectivity index (χ4v) is 6.02. The first-order valence-corrected chi connectivity index (χ1v) is 12.0. The molecule has 3 N–H and O–H groups in total. The van der Waals surface area contributed by atoms with Gasteiger partial charge < -0.3 is 15.0 Å². The minimum Gasteiger partial charge on any atom is -0.357 e. The van der Waals surface area contributed by atoms with Gasteiger partial charge in [-0.05, 0) is 60.1 Å². The molecule has 0 aromatic carbocycles. The lowest BCUT2D eigenvalue weighted by Gasteiger charge is -2.57. The summed E-state index contributed by atoms with van der Waals surface area (Å²) in [5, 5.41) is 12.8. The molecule has 0 radical (unpaired) electrons. The Morgan fingerprint density at radius 1 is 1.15 bits per heavy atom. The zero-order valence-corrected chi connectivity index (χ0v) is 21.6. The molecule has 0 bridgehead atoms. The van der Waals surface area contributed by atoms with E-state index >= 15 is 0 Å². The van der Waals surface area contributed by atoms with Crippen molar-refractivity contribution in [3.63, 3.8) is 0 Å².